The summed E-state index contributed by atoms with van der Waals surface area (Å²) < 4.78 is 26.1. The van der Waals surface area contributed by atoms with E-state index in [0.29, 0.717) is 6.54 Å². The number of sulfonamides is 1. The van der Waals surface area contributed by atoms with Crippen LogP contribution in [-0.4, -0.2) is 33.7 Å². The van der Waals surface area contributed by atoms with E-state index in [4.69, 9.17) is 0 Å². The zero-order valence-electron chi connectivity index (χ0n) is 15.5. The Kier molecular flexibility index (Phi) is 6.87. The summed E-state index contributed by atoms with van der Waals surface area (Å²) >= 11 is 0. The van der Waals surface area contributed by atoms with Crippen molar-refractivity contribution in [1.82, 2.24) is 5.32 Å². The fourth-order valence-corrected chi connectivity index (χ4v) is 4.61. The highest BCUT2D eigenvalue weighted by Gasteiger charge is 2.24. The topological polar surface area (TPSA) is 66.5 Å². The molecule has 6 heteroatoms. The molecule has 140 valence electrons. The average Bonchev–Trinajstić information content (AvgIpc) is 2.58. The van der Waals surface area contributed by atoms with Gasteiger partial charge in [0.2, 0.25) is 15.9 Å². The lowest BCUT2D eigenvalue weighted by Crippen LogP contribution is -2.41. The number of para-hydroxylation sites is 1. The summed E-state index contributed by atoms with van der Waals surface area (Å²) in [4.78, 5) is 12.3. The van der Waals surface area contributed by atoms with Gasteiger partial charge in [0.05, 0.1) is 18.5 Å². The van der Waals surface area contributed by atoms with Crippen LogP contribution in [0, 0.1) is 12.8 Å². The lowest BCUT2D eigenvalue weighted by Gasteiger charge is -2.27. The summed E-state index contributed by atoms with van der Waals surface area (Å²) in [5.74, 6) is 0.152. The maximum Gasteiger partial charge on any atom is 0.232 e. The first-order chi connectivity index (χ1) is 11.8. The van der Waals surface area contributed by atoms with Crippen molar-refractivity contribution in [3.05, 3.63) is 29.3 Å². The van der Waals surface area contributed by atoms with Gasteiger partial charge >= 0.3 is 0 Å². The number of aryl methyl sites for hydroxylation is 2. The number of anilines is 1. The molecular formula is C19H30N2O3S. The molecule has 1 saturated carbocycles. The third-order valence-corrected chi connectivity index (χ3v) is 6.11. The fourth-order valence-electron chi connectivity index (χ4n) is 3.60. The molecule has 1 aromatic rings. The predicted molar refractivity (Wildman–Crippen MR) is 102 cm³/mol. The van der Waals surface area contributed by atoms with E-state index >= 15 is 0 Å². The SMILES string of the molecule is CCc1cccc(C)c1N(CCNC(=O)C1CCCCC1)S(C)(=O)=O. The molecule has 0 atom stereocenters. The molecule has 1 aromatic carbocycles. The molecule has 0 saturated heterocycles. The van der Waals surface area contributed by atoms with Gasteiger partial charge in [-0.25, -0.2) is 8.42 Å². The molecule has 0 bridgehead atoms. The van der Waals surface area contributed by atoms with E-state index in [1.54, 1.807) is 0 Å². The molecule has 1 fully saturated rings. The number of rotatable bonds is 7. The Morgan fingerprint density at radius 1 is 1.24 bits per heavy atom. The Labute approximate surface area is 151 Å². The monoisotopic (exact) mass is 366 g/mol. The summed E-state index contributed by atoms with van der Waals surface area (Å²) in [7, 11) is -3.41. The van der Waals surface area contributed by atoms with E-state index < -0.39 is 10.0 Å². The van der Waals surface area contributed by atoms with E-state index in [0.717, 1.165) is 48.9 Å². The van der Waals surface area contributed by atoms with Crippen LogP contribution >= 0.6 is 0 Å². The number of hydrogen-bond acceptors (Lipinski definition) is 3. The van der Waals surface area contributed by atoms with Crippen molar-refractivity contribution in [2.45, 2.75) is 52.4 Å². The van der Waals surface area contributed by atoms with Gasteiger partial charge in [0.1, 0.15) is 0 Å². The van der Waals surface area contributed by atoms with Crippen LogP contribution in [0.25, 0.3) is 0 Å². The zero-order valence-corrected chi connectivity index (χ0v) is 16.4. The molecule has 1 aliphatic rings. The van der Waals surface area contributed by atoms with Gasteiger partial charge in [-0.3, -0.25) is 9.10 Å². The second-order valence-electron chi connectivity index (χ2n) is 6.90. The molecule has 0 spiro atoms. The normalized spacial score (nSPS) is 15.8. The molecule has 0 radical (unpaired) electrons. The van der Waals surface area contributed by atoms with Crippen molar-refractivity contribution in [2.24, 2.45) is 5.92 Å². The van der Waals surface area contributed by atoms with Crippen LogP contribution in [0.5, 0.6) is 0 Å². The van der Waals surface area contributed by atoms with Gasteiger partial charge in [-0.1, -0.05) is 44.4 Å². The molecule has 0 unspecified atom stereocenters. The second kappa shape index (κ2) is 8.70. The van der Waals surface area contributed by atoms with Crippen LogP contribution in [0.4, 0.5) is 5.69 Å². The lowest BCUT2D eigenvalue weighted by molar-refractivity contribution is -0.125. The quantitative estimate of drug-likeness (QED) is 0.807. The van der Waals surface area contributed by atoms with Crippen LogP contribution in [-0.2, 0) is 21.2 Å². The average molecular weight is 367 g/mol. The first-order valence-electron chi connectivity index (χ1n) is 9.18. The van der Waals surface area contributed by atoms with Crippen LogP contribution in [0.1, 0.15) is 50.2 Å². The highest BCUT2D eigenvalue weighted by Crippen LogP contribution is 2.28. The number of carbonyl (C=O) groups is 1. The summed E-state index contributed by atoms with van der Waals surface area (Å²) in [6.07, 6.45) is 7.30. The Bertz CT molecular complexity index is 695. The molecule has 2 rings (SSSR count). The minimum Gasteiger partial charge on any atom is -0.354 e. The third-order valence-electron chi connectivity index (χ3n) is 4.94. The largest absolute Gasteiger partial charge is 0.354 e. The van der Waals surface area contributed by atoms with Gasteiger partial charge < -0.3 is 5.32 Å². The first kappa shape index (κ1) is 19.8. The van der Waals surface area contributed by atoms with Crippen LogP contribution < -0.4 is 9.62 Å². The minimum atomic E-state index is -3.41. The van der Waals surface area contributed by atoms with Crippen molar-refractivity contribution in [3.8, 4) is 0 Å². The highest BCUT2D eigenvalue weighted by atomic mass is 32.2. The van der Waals surface area contributed by atoms with E-state index in [9.17, 15) is 13.2 Å². The summed E-state index contributed by atoms with van der Waals surface area (Å²) in [6, 6.07) is 5.83. The minimum absolute atomic E-state index is 0.0636. The number of benzene rings is 1. The van der Waals surface area contributed by atoms with Crippen LogP contribution in [0.3, 0.4) is 0 Å². The number of nitrogens with zero attached hydrogens (tertiary/aromatic N) is 1. The molecular weight excluding hydrogens is 336 g/mol. The van der Waals surface area contributed by atoms with E-state index in [-0.39, 0.29) is 18.4 Å². The van der Waals surface area contributed by atoms with Crippen molar-refractivity contribution in [2.75, 3.05) is 23.7 Å². The number of amides is 1. The van der Waals surface area contributed by atoms with Gasteiger partial charge in [0.15, 0.2) is 0 Å². The van der Waals surface area contributed by atoms with Gasteiger partial charge in [-0.05, 0) is 37.3 Å². The summed E-state index contributed by atoms with van der Waals surface area (Å²) in [5, 5.41) is 2.94. The smallest absolute Gasteiger partial charge is 0.232 e. The summed E-state index contributed by atoms with van der Waals surface area (Å²) in [5.41, 5.74) is 2.69. The maximum atomic E-state index is 12.3. The van der Waals surface area contributed by atoms with Crippen molar-refractivity contribution >= 4 is 21.6 Å². The van der Waals surface area contributed by atoms with E-state index in [2.05, 4.69) is 5.32 Å². The van der Waals surface area contributed by atoms with Gasteiger partial charge in [0, 0.05) is 12.5 Å². The second-order valence-corrected chi connectivity index (χ2v) is 8.80. The number of hydrogen-bond donors (Lipinski definition) is 1. The van der Waals surface area contributed by atoms with Crippen molar-refractivity contribution in [3.63, 3.8) is 0 Å². The molecule has 5 nitrogen and oxygen atoms in total. The van der Waals surface area contributed by atoms with E-state index in [1.807, 2.05) is 32.0 Å². The third kappa shape index (κ3) is 5.21. The highest BCUT2D eigenvalue weighted by molar-refractivity contribution is 7.92. The van der Waals surface area contributed by atoms with Gasteiger partial charge in [0.25, 0.3) is 0 Å². The van der Waals surface area contributed by atoms with Gasteiger partial charge in [-0.2, -0.15) is 0 Å². The Morgan fingerprint density at radius 3 is 2.52 bits per heavy atom. The van der Waals surface area contributed by atoms with Crippen molar-refractivity contribution < 1.29 is 13.2 Å². The predicted octanol–water partition coefficient (Wildman–Crippen LogP) is 3.02. The molecule has 0 aromatic heterocycles. The van der Waals surface area contributed by atoms with Gasteiger partial charge in [-0.15, -0.1) is 0 Å². The maximum absolute atomic E-state index is 12.3. The Morgan fingerprint density at radius 2 is 1.92 bits per heavy atom. The standard InChI is InChI=1S/C19H30N2O3S/c1-4-16-12-8-9-15(2)18(16)21(25(3,23)24)14-13-20-19(22)17-10-6-5-7-11-17/h8-9,12,17H,4-7,10-11,13-14H2,1-3H3,(H,20,22). The van der Waals surface area contributed by atoms with Crippen LogP contribution in [0.2, 0.25) is 0 Å². The summed E-state index contributed by atoms with van der Waals surface area (Å²) in [6.45, 7) is 4.53. The fraction of sp³-hybridized carbons (Fsp3) is 0.632. The van der Waals surface area contributed by atoms with Crippen LogP contribution in [0.15, 0.2) is 18.2 Å². The number of nitrogens with one attached hydrogen (secondary N) is 1. The molecule has 1 aliphatic carbocycles. The molecule has 0 heterocycles. The first-order valence-corrected chi connectivity index (χ1v) is 11.0. The molecule has 25 heavy (non-hydrogen) atoms. The Hall–Kier alpha value is -1.56. The lowest BCUT2D eigenvalue weighted by atomic mass is 9.89. The Balaban J connectivity index is 2.08. The molecule has 1 N–H and O–H groups in total. The molecule has 0 aliphatic heterocycles. The van der Waals surface area contributed by atoms with E-state index in [1.165, 1.54) is 17.0 Å². The zero-order chi connectivity index (χ0) is 18.4. The molecule has 1 amide bonds. The van der Waals surface area contributed by atoms with Crippen molar-refractivity contribution in [1.29, 1.82) is 0 Å². The number of carbonyl (C=O) groups excluding carboxylic acids is 1.